The third-order valence-corrected chi connectivity index (χ3v) is 1.93. The maximum atomic E-state index is 10.2. The summed E-state index contributed by atoms with van der Waals surface area (Å²) in [5.74, 6) is 0. The van der Waals surface area contributed by atoms with Gasteiger partial charge in [-0.05, 0) is 6.92 Å². The molecule has 6 heteroatoms. The summed E-state index contributed by atoms with van der Waals surface area (Å²) in [7, 11) is 1.18. The largest absolute Gasteiger partial charge is 0.391 e. The fraction of sp³-hybridized carbons (Fsp3) is 0.875. The summed E-state index contributed by atoms with van der Waals surface area (Å²) in [5.41, 5.74) is 0. The first-order chi connectivity index (χ1) is 6.45. The van der Waals surface area contributed by atoms with E-state index in [4.69, 9.17) is 10.2 Å². The topological polar surface area (TPSA) is 107 Å². The minimum Gasteiger partial charge on any atom is -0.391 e. The van der Waals surface area contributed by atoms with E-state index in [0.29, 0.717) is 0 Å². The summed E-state index contributed by atoms with van der Waals surface area (Å²) in [6.07, 6.45) is -6.79. The fourth-order valence-electron chi connectivity index (χ4n) is 1.04. The van der Waals surface area contributed by atoms with Crippen LogP contribution in [0.4, 0.5) is 0 Å². The summed E-state index contributed by atoms with van der Waals surface area (Å²) in [6.45, 7) is 1.27. The van der Waals surface area contributed by atoms with E-state index in [1.165, 1.54) is 14.0 Å². The predicted octanol–water partition coefficient (Wildman–Crippen LogP) is -2.34. The lowest BCUT2D eigenvalue weighted by Crippen LogP contribution is -2.49. The van der Waals surface area contributed by atoms with Crippen LogP contribution in [0.3, 0.4) is 0 Å². The summed E-state index contributed by atoms with van der Waals surface area (Å²) in [4.78, 5) is 10.2. The molecule has 14 heavy (non-hydrogen) atoms. The molecule has 0 fully saturated rings. The van der Waals surface area contributed by atoms with Gasteiger partial charge in [-0.3, -0.25) is 0 Å². The Labute approximate surface area is 81.7 Å². The van der Waals surface area contributed by atoms with E-state index < -0.39 is 30.5 Å². The SMILES string of the molecule is COC(C(O)C=O)C(O)C(O)C(C)O. The molecule has 5 atom stereocenters. The second kappa shape index (κ2) is 6.05. The molecule has 4 N–H and O–H groups in total. The highest BCUT2D eigenvalue weighted by atomic mass is 16.5. The predicted molar refractivity (Wildman–Crippen MR) is 46.6 cm³/mol. The van der Waals surface area contributed by atoms with Crippen LogP contribution >= 0.6 is 0 Å². The summed E-state index contributed by atoms with van der Waals surface area (Å²) in [6, 6.07) is 0. The molecule has 0 rings (SSSR count). The number of hydrogen-bond acceptors (Lipinski definition) is 6. The van der Waals surface area contributed by atoms with E-state index in [1.54, 1.807) is 0 Å². The van der Waals surface area contributed by atoms with Crippen LogP contribution in [0.15, 0.2) is 0 Å². The fourth-order valence-corrected chi connectivity index (χ4v) is 1.04. The van der Waals surface area contributed by atoms with Gasteiger partial charge in [-0.1, -0.05) is 0 Å². The molecule has 0 spiro atoms. The van der Waals surface area contributed by atoms with E-state index in [9.17, 15) is 15.0 Å². The van der Waals surface area contributed by atoms with Crippen LogP contribution in [0.1, 0.15) is 6.92 Å². The van der Waals surface area contributed by atoms with Gasteiger partial charge in [-0.15, -0.1) is 0 Å². The molecule has 0 radical (unpaired) electrons. The molecule has 6 nitrogen and oxygen atoms in total. The molecule has 0 amide bonds. The van der Waals surface area contributed by atoms with Gasteiger partial charge in [-0.25, -0.2) is 0 Å². The van der Waals surface area contributed by atoms with Gasteiger partial charge in [0.15, 0.2) is 6.29 Å². The van der Waals surface area contributed by atoms with Crippen LogP contribution in [-0.4, -0.2) is 64.3 Å². The van der Waals surface area contributed by atoms with Crippen LogP contribution in [0.5, 0.6) is 0 Å². The zero-order chi connectivity index (χ0) is 11.3. The average Bonchev–Trinajstić information content (AvgIpc) is 2.16. The number of carbonyl (C=O) groups excluding carboxylic acids is 1. The van der Waals surface area contributed by atoms with Crippen LogP contribution in [-0.2, 0) is 9.53 Å². The van der Waals surface area contributed by atoms with Crippen molar-refractivity contribution in [3.8, 4) is 0 Å². The Morgan fingerprint density at radius 1 is 1.14 bits per heavy atom. The molecule has 0 aliphatic carbocycles. The van der Waals surface area contributed by atoms with Crippen molar-refractivity contribution in [2.24, 2.45) is 0 Å². The first-order valence-electron chi connectivity index (χ1n) is 4.16. The highest BCUT2D eigenvalue weighted by Crippen LogP contribution is 2.10. The zero-order valence-electron chi connectivity index (χ0n) is 8.07. The van der Waals surface area contributed by atoms with Crippen LogP contribution in [0.2, 0.25) is 0 Å². The molecule has 5 unspecified atom stereocenters. The molecule has 0 saturated carbocycles. The van der Waals surface area contributed by atoms with Gasteiger partial charge in [0, 0.05) is 7.11 Å². The second-order valence-corrected chi connectivity index (χ2v) is 3.05. The summed E-state index contributed by atoms with van der Waals surface area (Å²) in [5, 5.41) is 36.7. The molecular weight excluding hydrogens is 192 g/mol. The van der Waals surface area contributed by atoms with Crippen molar-refractivity contribution in [3.05, 3.63) is 0 Å². The third kappa shape index (κ3) is 3.32. The Morgan fingerprint density at radius 3 is 1.93 bits per heavy atom. The molecule has 0 bridgehead atoms. The maximum Gasteiger partial charge on any atom is 0.151 e. The highest BCUT2D eigenvalue weighted by molar-refractivity contribution is 5.56. The van der Waals surface area contributed by atoms with Crippen molar-refractivity contribution in [3.63, 3.8) is 0 Å². The third-order valence-electron chi connectivity index (χ3n) is 1.93. The van der Waals surface area contributed by atoms with Gasteiger partial charge in [0.2, 0.25) is 0 Å². The van der Waals surface area contributed by atoms with E-state index in [2.05, 4.69) is 4.74 Å². The first kappa shape index (κ1) is 13.5. The van der Waals surface area contributed by atoms with Crippen molar-refractivity contribution in [1.29, 1.82) is 0 Å². The number of ether oxygens (including phenoxy) is 1. The van der Waals surface area contributed by atoms with Gasteiger partial charge in [0.25, 0.3) is 0 Å². The second-order valence-electron chi connectivity index (χ2n) is 3.05. The van der Waals surface area contributed by atoms with Gasteiger partial charge in [0.05, 0.1) is 6.10 Å². The number of rotatable bonds is 6. The van der Waals surface area contributed by atoms with Crippen LogP contribution < -0.4 is 0 Å². The average molecular weight is 208 g/mol. The van der Waals surface area contributed by atoms with Crippen molar-refractivity contribution >= 4 is 6.29 Å². The summed E-state index contributed by atoms with van der Waals surface area (Å²) >= 11 is 0. The van der Waals surface area contributed by atoms with E-state index in [1.807, 2.05) is 0 Å². The molecule has 0 aromatic heterocycles. The van der Waals surface area contributed by atoms with Crippen LogP contribution in [0.25, 0.3) is 0 Å². The van der Waals surface area contributed by atoms with Crippen LogP contribution in [0, 0.1) is 0 Å². The molecule has 0 aliphatic rings. The zero-order valence-corrected chi connectivity index (χ0v) is 8.07. The number of aldehydes is 1. The minimum atomic E-state index is -1.54. The quantitative estimate of drug-likeness (QED) is 0.364. The molecule has 84 valence electrons. The van der Waals surface area contributed by atoms with Gasteiger partial charge in [0.1, 0.15) is 24.4 Å². The minimum absolute atomic E-state index is 0.187. The molecule has 0 aromatic carbocycles. The Hall–Kier alpha value is -0.530. The molecular formula is C8H16O6. The highest BCUT2D eigenvalue weighted by Gasteiger charge is 2.33. The van der Waals surface area contributed by atoms with Gasteiger partial charge >= 0.3 is 0 Å². The number of aliphatic hydroxyl groups excluding tert-OH is 4. The molecule has 0 heterocycles. The van der Waals surface area contributed by atoms with E-state index in [0.717, 1.165) is 0 Å². The lowest BCUT2D eigenvalue weighted by Gasteiger charge is -2.28. The smallest absolute Gasteiger partial charge is 0.151 e. The van der Waals surface area contributed by atoms with Gasteiger partial charge in [-0.2, -0.15) is 0 Å². The Morgan fingerprint density at radius 2 is 1.64 bits per heavy atom. The monoisotopic (exact) mass is 208 g/mol. The number of aliphatic hydroxyl groups is 4. The van der Waals surface area contributed by atoms with Crippen molar-refractivity contribution in [2.75, 3.05) is 7.11 Å². The Bertz CT molecular complexity index is 171. The molecule has 0 aliphatic heterocycles. The van der Waals surface area contributed by atoms with Gasteiger partial charge < -0.3 is 30.0 Å². The number of methoxy groups -OCH3 is 1. The van der Waals surface area contributed by atoms with E-state index in [-0.39, 0.29) is 6.29 Å². The standard InChI is InChI=1S/C8H16O6/c1-4(10)6(12)7(13)8(14-2)5(11)3-9/h3-8,10-13H,1-2H3. The number of hydrogen-bond donors (Lipinski definition) is 4. The van der Waals surface area contributed by atoms with Crippen molar-refractivity contribution in [2.45, 2.75) is 37.4 Å². The number of carbonyl (C=O) groups is 1. The Kier molecular flexibility index (Phi) is 5.82. The van der Waals surface area contributed by atoms with Crippen molar-refractivity contribution in [1.82, 2.24) is 0 Å². The molecule has 0 saturated heterocycles. The lowest BCUT2D eigenvalue weighted by atomic mass is 10.0. The normalized spacial score (nSPS) is 22.1. The van der Waals surface area contributed by atoms with Crippen molar-refractivity contribution < 1.29 is 30.0 Å². The Balaban J connectivity index is 4.44. The maximum absolute atomic E-state index is 10.2. The summed E-state index contributed by atoms with van der Waals surface area (Å²) < 4.78 is 4.63. The molecule has 0 aromatic rings. The first-order valence-corrected chi connectivity index (χ1v) is 4.16. The lowest BCUT2D eigenvalue weighted by molar-refractivity contribution is -0.150. The van der Waals surface area contributed by atoms with E-state index >= 15 is 0 Å².